The molecule has 0 spiro atoms. The highest BCUT2D eigenvalue weighted by molar-refractivity contribution is 6.58. The van der Waals surface area contributed by atoms with Gasteiger partial charge < -0.3 is 0 Å². The van der Waals surface area contributed by atoms with Gasteiger partial charge in [-0.15, -0.1) is 0 Å². The summed E-state index contributed by atoms with van der Waals surface area (Å²) in [5.41, 5.74) is 1.55. The molecule has 1 aromatic carbocycles. The second-order valence-corrected chi connectivity index (χ2v) is 5.17. The van der Waals surface area contributed by atoms with Crippen LogP contribution in [0.15, 0.2) is 28.8 Å². The minimum absolute atomic E-state index is 0.187. The summed E-state index contributed by atoms with van der Waals surface area (Å²) in [7, 11) is 0. The largest absolute Gasteiger partial charge is 0.207 e. The molecule has 88 valence electrons. The van der Waals surface area contributed by atoms with Gasteiger partial charge in [0, 0.05) is 0 Å². The van der Waals surface area contributed by atoms with Crippen molar-refractivity contribution in [3.05, 3.63) is 40.1 Å². The Balaban J connectivity index is 3.20. The Kier molecular flexibility index (Phi) is 4.82. The third-order valence-corrected chi connectivity index (χ3v) is 3.20. The van der Waals surface area contributed by atoms with Gasteiger partial charge >= 0.3 is 0 Å². The number of hydrogen-bond acceptors (Lipinski definition) is 0. The van der Waals surface area contributed by atoms with Crippen LogP contribution in [0.4, 0.5) is 4.39 Å². The van der Waals surface area contributed by atoms with E-state index in [0.717, 1.165) is 11.1 Å². The lowest BCUT2D eigenvalue weighted by Gasteiger charge is -2.20. The van der Waals surface area contributed by atoms with Crippen LogP contribution >= 0.6 is 23.2 Å². The third kappa shape index (κ3) is 3.23. The zero-order chi connectivity index (χ0) is 12.3. The fourth-order valence-corrected chi connectivity index (χ4v) is 2.10. The molecule has 0 saturated heterocycles. The van der Waals surface area contributed by atoms with Gasteiger partial charge in [-0.1, -0.05) is 56.1 Å². The van der Waals surface area contributed by atoms with Gasteiger partial charge in [-0.2, -0.15) is 0 Å². The number of hydrogen-bond donors (Lipinski definition) is 0. The molecule has 0 amide bonds. The van der Waals surface area contributed by atoms with E-state index < -0.39 is 0 Å². The third-order valence-electron chi connectivity index (χ3n) is 2.79. The fraction of sp³-hybridized carbons (Fsp3) is 0.385. The second-order valence-electron chi connectivity index (χ2n) is 4.22. The van der Waals surface area contributed by atoms with Crippen LogP contribution in [-0.2, 0) is 0 Å². The van der Waals surface area contributed by atoms with Gasteiger partial charge in [-0.25, -0.2) is 4.39 Å². The molecule has 1 unspecified atom stereocenters. The summed E-state index contributed by atoms with van der Waals surface area (Å²) in [5.74, 6) is 0.304. The van der Waals surface area contributed by atoms with Crippen molar-refractivity contribution in [2.45, 2.75) is 20.8 Å². The van der Waals surface area contributed by atoms with Gasteiger partial charge in [0.05, 0.1) is 0 Å². The zero-order valence-corrected chi connectivity index (χ0v) is 11.1. The van der Waals surface area contributed by atoms with Gasteiger partial charge in [0.2, 0.25) is 0 Å². The Morgan fingerprint density at radius 1 is 1.19 bits per heavy atom. The van der Waals surface area contributed by atoms with Crippen LogP contribution in [0.1, 0.15) is 26.3 Å². The molecular weight excluding hydrogens is 246 g/mol. The molecular formula is C13H15Cl2F. The molecule has 0 aliphatic carbocycles. The number of halogens is 3. The van der Waals surface area contributed by atoms with Crippen molar-refractivity contribution in [2.24, 2.45) is 11.8 Å². The molecule has 1 aromatic rings. The van der Waals surface area contributed by atoms with Crippen molar-refractivity contribution >= 4 is 28.8 Å². The summed E-state index contributed by atoms with van der Waals surface area (Å²) < 4.78 is 13.4. The molecule has 1 rings (SSSR count). The van der Waals surface area contributed by atoms with Crippen molar-refractivity contribution in [3.63, 3.8) is 0 Å². The van der Waals surface area contributed by atoms with Crippen LogP contribution in [0.25, 0.3) is 5.57 Å². The summed E-state index contributed by atoms with van der Waals surface area (Å²) in [5, 5.41) is 0. The maximum Gasteiger partial charge on any atom is 0.123 e. The lowest BCUT2D eigenvalue weighted by molar-refractivity contribution is 0.517. The van der Waals surface area contributed by atoms with Crippen molar-refractivity contribution < 1.29 is 4.39 Å². The van der Waals surface area contributed by atoms with Gasteiger partial charge in [0.1, 0.15) is 10.3 Å². The average molecular weight is 261 g/mol. The molecule has 0 heterocycles. The maximum atomic E-state index is 13.1. The lowest BCUT2D eigenvalue weighted by Crippen LogP contribution is -2.07. The molecule has 0 nitrogen and oxygen atoms in total. The molecule has 0 aliphatic heterocycles. The Bertz CT molecular complexity index is 393. The Labute approximate surface area is 106 Å². The van der Waals surface area contributed by atoms with E-state index >= 15 is 0 Å². The van der Waals surface area contributed by atoms with Crippen LogP contribution < -0.4 is 0 Å². The predicted octanol–water partition coefficient (Wildman–Crippen LogP) is 5.26. The van der Waals surface area contributed by atoms with Crippen LogP contribution in [0.5, 0.6) is 0 Å². The van der Waals surface area contributed by atoms with Crippen LogP contribution in [0.2, 0.25) is 0 Å². The van der Waals surface area contributed by atoms with Crippen LogP contribution in [0.3, 0.4) is 0 Å². The minimum atomic E-state index is -0.277. The van der Waals surface area contributed by atoms with Crippen molar-refractivity contribution in [1.82, 2.24) is 0 Å². The Morgan fingerprint density at radius 3 is 2.25 bits per heavy atom. The average Bonchev–Trinajstić information content (AvgIpc) is 2.17. The SMILES string of the molecule is CC(C)C(C)C(=C(Cl)Cl)c1cccc(F)c1. The first-order chi connectivity index (χ1) is 7.43. The van der Waals surface area contributed by atoms with Gasteiger partial charge in [-0.05, 0) is 35.1 Å². The topological polar surface area (TPSA) is 0 Å². The number of rotatable bonds is 3. The standard InChI is InChI=1S/C13H15Cl2F/c1-8(2)9(3)12(13(14)15)10-5-4-6-11(16)7-10/h4-9H,1-3H3. The van der Waals surface area contributed by atoms with Crippen molar-refractivity contribution in [1.29, 1.82) is 0 Å². The first kappa shape index (κ1) is 13.5. The Morgan fingerprint density at radius 2 is 1.81 bits per heavy atom. The van der Waals surface area contributed by atoms with E-state index in [9.17, 15) is 4.39 Å². The fourth-order valence-electron chi connectivity index (χ4n) is 1.53. The van der Waals surface area contributed by atoms with Crippen molar-refractivity contribution in [3.8, 4) is 0 Å². The molecule has 0 fully saturated rings. The molecule has 0 N–H and O–H groups in total. The van der Waals surface area contributed by atoms with Crippen molar-refractivity contribution in [2.75, 3.05) is 0 Å². The quantitative estimate of drug-likeness (QED) is 0.695. The van der Waals surface area contributed by atoms with E-state index in [2.05, 4.69) is 13.8 Å². The molecule has 0 aromatic heterocycles. The lowest BCUT2D eigenvalue weighted by atomic mass is 9.87. The normalized spacial score (nSPS) is 12.7. The van der Waals surface area contributed by atoms with E-state index in [-0.39, 0.29) is 16.2 Å². The van der Waals surface area contributed by atoms with Crippen LogP contribution in [-0.4, -0.2) is 0 Å². The summed E-state index contributed by atoms with van der Waals surface area (Å²) in [6, 6.07) is 6.35. The minimum Gasteiger partial charge on any atom is -0.207 e. The summed E-state index contributed by atoms with van der Waals surface area (Å²) >= 11 is 11.8. The molecule has 0 bridgehead atoms. The van der Waals surface area contributed by atoms with E-state index in [1.165, 1.54) is 12.1 Å². The first-order valence-electron chi connectivity index (χ1n) is 5.24. The molecule has 0 aliphatic rings. The molecule has 16 heavy (non-hydrogen) atoms. The molecule has 1 atom stereocenters. The van der Waals surface area contributed by atoms with Crippen LogP contribution in [0, 0.1) is 17.7 Å². The monoisotopic (exact) mass is 260 g/mol. The number of allylic oxidation sites excluding steroid dienone is 1. The highest BCUT2D eigenvalue weighted by atomic mass is 35.5. The zero-order valence-electron chi connectivity index (χ0n) is 9.60. The first-order valence-corrected chi connectivity index (χ1v) is 6.00. The maximum absolute atomic E-state index is 13.1. The predicted molar refractivity (Wildman–Crippen MR) is 69.0 cm³/mol. The van der Waals surface area contributed by atoms with E-state index in [0.29, 0.717) is 5.92 Å². The molecule has 0 saturated carbocycles. The summed E-state index contributed by atoms with van der Waals surface area (Å²) in [4.78, 5) is 0. The summed E-state index contributed by atoms with van der Waals surface area (Å²) in [6.45, 7) is 6.21. The van der Waals surface area contributed by atoms with E-state index in [4.69, 9.17) is 23.2 Å². The van der Waals surface area contributed by atoms with Gasteiger partial charge in [-0.3, -0.25) is 0 Å². The smallest absolute Gasteiger partial charge is 0.123 e. The summed E-state index contributed by atoms with van der Waals surface area (Å²) in [6.07, 6.45) is 0. The second kappa shape index (κ2) is 5.70. The van der Waals surface area contributed by atoms with E-state index in [1.807, 2.05) is 13.0 Å². The van der Waals surface area contributed by atoms with Gasteiger partial charge in [0.15, 0.2) is 0 Å². The molecule has 3 heteroatoms. The van der Waals surface area contributed by atoms with E-state index in [1.54, 1.807) is 6.07 Å². The highest BCUT2D eigenvalue weighted by Gasteiger charge is 2.18. The highest BCUT2D eigenvalue weighted by Crippen LogP contribution is 2.35. The van der Waals surface area contributed by atoms with Gasteiger partial charge in [0.25, 0.3) is 0 Å². The number of benzene rings is 1. The Hall–Kier alpha value is -0.530. The molecule has 0 radical (unpaired) electrons.